The summed E-state index contributed by atoms with van der Waals surface area (Å²) in [6.07, 6.45) is 2.12. The molecule has 5 nitrogen and oxygen atoms in total. The van der Waals surface area contributed by atoms with Crippen LogP contribution in [0.1, 0.15) is 26.2 Å². The van der Waals surface area contributed by atoms with Crippen molar-refractivity contribution in [2.45, 2.75) is 32.2 Å². The van der Waals surface area contributed by atoms with Gasteiger partial charge in [0, 0.05) is 6.54 Å². The molecule has 5 heteroatoms. The molecule has 1 saturated heterocycles. The Bertz CT molecular complexity index is 254. The summed E-state index contributed by atoms with van der Waals surface area (Å²) in [6, 6.07) is -0.181. The van der Waals surface area contributed by atoms with Gasteiger partial charge < -0.3 is 9.47 Å². The van der Waals surface area contributed by atoms with Crippen LogP contribution in [-0.4, -0.2) is 49.7 Å². The molecule has 16 heavy (non-hydrogen) atoms. The average Bonchev–Trinajstić information content (AvgIpc) is 2.74. The maximum absolute atomic E-state index is 11.4. The number of hydrogen-bond acceptors (Lipinski definition) is 5. The van der Waals surface area contributed by atoms with E-state index in [4.69, 9.17) is 9.47 Å². The monoisotopic (exact) mass is 229 g/mol. The zero-order valence-corrected chi connectivity index (χ0v) is 9.90. The molecule has 1 unspecified atom stereocenters. The third-order valence-electron chi connectivity index (χ3n) is 2.75. The Hall–Kier alpha value is -1.10. The number of carbonyl (C=O) groups is 2. The lowest BCUT2D eigenvalue weighted by Gasteiger charge is -2.21. The highest BCUT2D eigenvalue weighted by molar-refractivity contribution is 5.76. The molecule has 1 fully saturated rings. The van der Waals surface area contributed by atoms with E-state index in [1.54, 1.807) is 6.92 Å². The summed E-state index contributed by atoms with van der Waals surface area (Å²) in [5, 5.41) is 0. The van der Waals surface area contributed by atoms with Crippen LogP contribution in [0.4, 0.5) is 0 Å². The van der Waals surface area contributed by atoms with Crippen molar-refractivity contribution in [2.75, 3.05) is 26.8 Å². The number of carbonyl (C=O) groups excluding carboxylic acids is 2. The highest BCUT2D eigenvalue weighted by atomic mass is 16.5. The molecule has 0 saturated carbocycles. The Kier molecular flexibility index (Phi) is 5.25. The summed E-state index contributed by atoms with van der Waals surface area (Å²) in [7, 11) is 1.39. The van der Waals surface area contributed by atoms with Gasteiger partial charge in [-0.3, -0.25) is 14.5 Å². The summed E-state index contributed by atoms with van der Waals surface area (Å²) in [5.41, 5.74) is 0. The number of rotatable bonds is 5. The van der Waals surface area contributed by atoms with Crippen molar-refractivity contribution in [3.8, 4) is 0 Å². The molecule has 1 heterocycles. The summed E-state index contributed by atoms with van der Waals surface area (Å²) in [4.78, 5) is 24.6. The van der Waals surface area contributed by atoms with Crippen LogP contribution in [0.3, 0.4) is 0 Å². The smallest absolute Gasteiger partial charge is 0.323 e. The van der Waals surface area contributed by atoms with Crippen molar-refractivity contribution in [1.29, 1.82) is 0 Å². The van der Waals surface area contributed by atoms with Gasteiger partial charge in [0.05, 0.1) is 20.1 Å². The van der Waals surface area contributed by atoms with E-state index in [1.165, 1.54) is 7.11 Å². The number of hydrogen-bond donors (Lipinski definition) is 0. The lowest BCUT2D eigenvalue weighted by Crippen LogP contribution is -2.38. The van der Waals surface area contributed by atoms with Crippen LogP contribution in [0.25, 0.3) is 0 Å². The fourth-order valence-electron chi connectivity index (χ4n) is 1.96. The molecule has 1 rings (SSSR count). The molecule has 0 bridgehead atoms. The van der Waals surface area contributed by atoms with Crippen LogP contribution in [0.5, 0.6) is 0 Å². The van der Waals surface area contributed by atoms with Gasteiger partial charge in [-0.05, 0) is 26.3 Å². The van der Waals surface area contributed by atoms with Gasteiger partial charge in [-0.25, -0.2) is 0 Å². The van der Waals surface area contributed by atoms with Crippen molar-refractivity contribution in [2.24, 2.45) is 0 Å². The Labute approximate surface area is 95.7 Å². The van der Waals surface area contributed by atoms with E-state index in [0.29, 0.717) is 19.6 Å². The average molecular weight is 229 g/mol. The Morgan fingerprint density at radius 2 is 2.19 bits per heavy atom. The molecule has 0 aliphatic carbocycles. The van der Waals surface area contributed by atoms with Crippen molar-refractivity contribution in [3.63, 3.8) is 0 Å². The second-order valence-corrected chi connectivity index (χ2v) is 3.77. The van der Waals surface area contributed by atoms with E-state index >= 15 is 0 Å². The van der Waals surface area contributed by atoms with Crippen molar-refractivity contribution in [1.82, 2.24) is 4.90 Å². The molecule has 0 aromatic heterocycles. The molecule has 0 N–H and O–H groups in total. The minimum atomic E-state index is -0.210. The zero-order valence-electron chi connectivity index (χ0n) is 9.90. The van der Waals surface area contributed by atoms with Gasteiger partial charge in [-0.1, -0.05) is 0 Å². The largest absolute Gasteiger partial charge is 0.468 e. The van der Waals surface area contributed by atoms with Gasteiger partial charge in [-0.2, -0.15) is 0 Å². The second kappa shape index (κ2) is 6.48. The third-order valence-corrected chi connectivity index (χ3v) is 2.75. The van der Waals surface area contributed by atoms with E-state index in [-0.39, 0.29) is 18.0 Å². The number of ether oxygens (including phenoxy) is 2. The first-order valence-corrected chi connectivity index (χ1v) is 5.66. The Balaban J connectivity index is 2.35. The van der Waals surface area contributed by atoms with Crippen LogP contribution in [-0.2, 0) is 19.1 Å². The molecule has 1 aliphatic heterocycles. The molecule has 0 aromatic carbocycles. The van der Waals surface area contributed by atoms with Crippen LogP contribution in [0, 0.1) is 0 Å². The molecule has 1 aliphatic rings. The molecular weight excluding hydrogens is 210 g/mol. The van der Waals surface area contributed by atoms with Gasteiger partial charge in [-0.15, -0.1) is 0 Å². The topological polar surface area (TPSA) is 55.8 Å². The van der Waals surface area contributed by atoms with Crippen LogP contribution in [0.15, 0.2) is 0 Å². The highest BCUT2D eigenvalue weighted by Crippen LogP contribution is 2.18. The summed E-state index contributed by atoms with van der Waals surface area (Å²) in [5.74, 6) is -0.417. The molecular formula is C11H19NO4. The summed E-state index contributed by atoms with van der Waals surface area (Å²) >= 11 is 0. The number of methoxy groups -OCH3 is 1. The van der Waals surface area contributed by atoms with E-state index < -0.39 is 0 Å². The van der Waals surface area contributed by atoms with E-state index in [9.17, 15) is 9.59 Å². The molecule has 0 radical (unpaired) electrons. The maximum Gasteiger partial charge on any atom is 0.323 e. The van der Waals surface area contributed by atoms with Gasteiger partial charge in [0.15, 0.2) is 0 Å². The predicted octanol–water partition coefficient (Wildman–Crippen LogP) is 0.577. The fraction of sp³-hybridized carbons (Fsp3) is 0.818. The van der Waals surface area contributed by atoms with Gasteiger partial charge in [0.1, 0.15) is 6.04 Å². The molecule has 0 spiro atoms. The van der Waals surface area contributed by atoms with Crippen molar-refractivity contribution >= 4 is 11.9 Å². The first-order chi connectivity index (χ1) is 7.69. The molecule has 0 aromatic rings. The minimum Gasteiger partial charge on any atom is -0.468 e. The predicted molar refractivity (Wildman–Crippen MR) is 57.9 cm³/mol. The Morgan fingerprint density at radius 1 is 1.44 bits per heavy atom. The summed E-state index contributed by atoms with van der Waals surface area (Å²) < 4.78 is 9.56. The Morgan fingerprint density at radius 3 is 2.81 bits per heavy atom. The third kappa shape index (κ3) is 3.48. The first kappa shape index (κ1) is 13.0. The molecule has 92 valence electrons. The lowest BCUT2D eigenvalue weighted by molar-refractivity contribution is -0.148. The maximum atomic E-state index is 11.4. The number of nitrogens with zero attached hydrogens (tertiary/aromatic N) is 1. The number of likely N-dealkylation sites (tertiary alicyclic amines) is 1. The minimum absolute atomic E-state index is 0.181. The van der Waals surface area contributed by atoms with Gasteiger partial charge >= 0.3 is 11.9 Å². The fourth-order valence-corrected chi connectivity index (χ4v) is 1.96. The quantitative estimate of drug-likeness (QED) is 0.645. The van der Waals surface area contributed by atoms with Crippen molar-refractivity contribution < 1.29 is 19.1 Å². The number of esters is 2. The van der Waals surface area contributed by atoms with Crippen LogP contribution in [0.2, 0.25) is 0 Å². The first-order valence-electron chi connectivity index (χ1n) is 5.66. The zero-order chi connectivity index (χ0) is 12.0. The van der Waals surface area contributed by atoms with Crippen LogP contribution < -0.4 is 0 Å². The van der Waals surface area contributed by atoms with Gasteiger partial charge in [0.25, 0.3) is 0 Å². The van der Waals surface area contributed by atoms with Crippen molar-refractivity contribution in [3.05, 3.63) is 0 Å². The normalized spacial score (nSPS) is 20.8. The SMILES string of the molecule is CCOC(=O)CCN1CCCC1C(=O)OC. The standard InChI is InChI=1S/C11H19NO4/c1-3-16-10(13)6-8-12-7-4-5-9(12)11(14)15-2/h9H,3-8H2,1-2H3. The van der Waals surface area contributed by atoms with E-state index in [1.807, 2.05) is 4.90 Å². The van der Waals surface area contributed by atoms with E-state index in [2.05, 4.69) is 0 Å². The highest BCUT2D eigenvalue weighted by Gasteiger charge is 2.31. The summed E-state index contributed by atoms with van der Waals surface area (Å²) in [6.45, 7) is 3.60. The van der Waals surface area contributed by atoms with Crippen LogP contribution >= 0.6 is 0 Å². The van der Waals surface area contributed by atoms with E-state index in [0.717, 1.165) is 19.4 Å². The molecule has 1 atom stereocenters. The second-order valence-electron chi connectivity index (χ2n) is 3.77. The van der Waals surface area contributed by atoms with Gasteiger partial charge in [0.2, 0.25) is 0 Å². The lowest BCUT2D eigenvalue weighted by atomic mass is 10.2. The molecule has 0 amide bonds.